The summed E-state index contributed by atoms with van der Waals surface area (Å²) in [7, 11) is 1.52. The number of methoxy groups -OCH3 is 1. The average Bonchev–Trinajstić information content (AvgIpc) is 3.65. The number of ether oxygens (including phenoxy) is 4. The Kier molecular flexibility index (Phi) is 9.58. The molecule has 2 heterocycles. The third-order valence-electron chi connectivity index (χ3n) is 8.33. The quantitative estimate of drug-likeness (QED) is 0.260. The van der Waals surface area contributed by atoms with Gasteiger partial charge in [-0.05, 0) is 77.9 Å². The lowest BCUT2D eigenvalue weighted by molar-refractivity contribution is -0.143. The van der Waals surface area contributed by atoms with Crippen molar-refractivity contribution in [2.24, 2.45) is 5.92 Å². The van der Waals surface area contributed by atoms with Crippen molar-refractivity contribution in [1.82, 2.24) is 4.90 Å². The van der Waals surface area contributed by atoms with Crippen molar-refractivity contribution in [2.45, 2.75) is 52.0 Å². The Morgan fingerprint density at radius 2 is 1.73 bits per heavy atom. The molecule has 1 saturated heterocycles. The molecule has 1 amide bonds. The average molecular weight is 607 g/mol. The molecule has 1 unspecified atom stereocenters. The molecule has 3 aromatic carbocycles. The summed E-state index contributed by atoms with van der Waals surface area (Å²) in [6.45, 7) is 6.69. The lowest BCUT2D eigenvalue weighted by Crippen LogP contribution is -2.35. The van der Waals surface area contributed by atoms with E-state index in [1.807, 2.05) is 49.9 Å². The van der Waals surface area contributed by atoms with Crippen LogP contribution < -0.4 is 24.3 Å². The van der Waals surface area contributed by atoms with Gasteiger partial charge >= 0.3 is 5.97 Å². The summed E-state index contributed by atoms with van der Waals surface area (Å²) in [5.74, 6) is -0.885. The van der Waals surface area contributed by atoms with Crippen molar-refractivity contribution in [3.63, 3.8) is 0 Å². The number of hydrogen-bond donors (Lipinski definition) is 2. The zero-order chi connectivity index (χ0) is 31.4. The van der Waals surface area contributed by atoms with Crippen LogP contribution in [0.1, 0.15) is 61.4 Å². The monoisotopic (exact) mass is 606 g/mol. The van der Waals surface area contributed by atoms with Gasteiger partial charge in [-0.1, -0.05) is 32.9 Å². The van der Waals surface area contributed by atoms with E-state index in [1.165, 1.54) is 19.2 Å². The highest BCUT2D eigenvalue weighted by Crippen LogP contribution is 2.50. The van der Waals surface area contributed by atoms with Crippen molar-refractivity contribution in [1.29, 1.82) is 0 Å². The highest BCUT2D eigenvalue weighted by Gasteiger charge is 2.48. The number of aryl methyl sites for hydroxylation is 2. The maximum atomic E-state index is 14.2. The standard InChI is InChI=1S/C34H39FN2O7/c1-5-12-42-25-10-8-22(9-11-25)32-30(34(39)40)26(23-15-27(41-4)33-28(16-23)43-19-44-33)17-37(32)18-29(38)36-31-20(6-2)13-24(35)14-21(31)7-3/h8-11,13-16,26,30,32H,5-7,12,17-19H2,1-4H3,(H,36,38)(H,39,40)/t26-,30?,32+/m1/s1. The zero-order valence-corrected chi connectivity index (χ0v) is 25.5. The Morgan fingerprint density at radius 1 is 1.02 bits per heavy atom. The second-order valence-electron chi connectivity index (χ2n) is 11.1. The number of carbonyl (C=O) groups is 2. The van der Waals surface area contributed by atoms with E-state index >= 15 is 0 Å². The first kappa shape index (κ1) is 31.1. The number of carboxylic acid groups (broad SMARTS) is 1. The third-order valence-corrected chi connectivity index (χ3v) is 8.33. The van der Waals surface area contributed by atoms with E-state index in [2.05, 4.69) is 5.32 Å². The molecule has 1 fully saturated rings. The zero-order valence-electron chi connectivity index (χ0n) is 25.5. The van der Waals surface area contributed by atoms with E-state index in [9.17, 15) is 19.1 Å². The number of likely N-dealkylation sites (tertiary alicyclic amines) is 1. The fraction of sp³-hybridized carbons (Fsp3) is 0.412. The predicted molar refractivity (Wildman–Crippen MR) is 163 cm³/mol. The Bertz CT molecular complexity index is 1490. The number of hydrogen-bond acceptors (Lipinski definition) is 7. The van der Waals surface area contributed by atoms with Crippen LogP contribution in [0.15, 0.2) is 48.5 Å². The van der Waals surface area contributed by atoms with Crippen LogP contribution >= 0.6 is 0 Å². The van der Waals surface area contributed by atoms with E-state index in [0.717, 1.165) is 17.5 Å². The van der Waals surface area contributed by atoms with E-state index in [-0.39, 0.29) is 31.6 Å². The molecule has 2 aliphatic heterocycles. The second-order valence-corrected chi connectivity index (χ2v) is 11.1. The number of benzene rings is 3. The van der Waals surface area contributed by atoms with Gasteiger partial charge in [0.05, 0.1) is 26.2 Å². The number of aliphatic carboxylic acids is 1. The fourth-order valence-corrected chi connectivity index (χ4v) is 6.28. The number of nitrogens with zero attached hydrogens (tertiary/aromatic N) is 1. The van der Waals surface area contributed by atoms with Crippen LogP contribution in [-0.4, -0.2) is 55.5 Å². The molecule has 0 aliphatic carbocycles. The molecule has 5 rings (SSSR count). The normalized spacial score (nSPS) is 19.2. The minimum atomic E-state index is -0.981. The molecular weight excluding hydrogens is 567 g/mol. The van der Waals surface area contributed by atoms with Crippen molar-refractivity contribution in [2.75, 3.05) is 38.9 Å². The van der Waals surface area contributed by atoms with E-state index in [0.29, 0.717) is 59.3 Å². The second kappa shape index (κ2) is 13.5. The van der Waals surface area contributed by atoms with Crippen LogP contribution in [0, 0.1) is 11.7 Å². The first-order chi connectivity index (χ1) is 21.3. The highest BCUT2D eigenvalue weighted by atomic mass is 19.1. The molecule has 234 valence electrons. The number of amides is 1. The maximum Gasteiger partial charge on any atom is 0.309 e. The van der Waals surface area contributed by atoms with Crippen molar-refractivity contribution in [3.8, 4) is 23.0 Å². The number of carbonyl (C=O) groups excluding carboxylic acids is 1. The largest absolute Gasteiger partial charge is 0.494 e. The summed E-state index contributed by atoms with van der Waals surface area (Å²) in [5.41, 5.74) is 3.51. The summed E-state index contributed by atoms with van der Waals surface area (Å²) in [6.07, 6.45) is 1.96. The van der Waals surface area contributed by atoms with Gasteiger partial charge in [0.1, 0.15) is 11.6 Å². The SMILES string of the molecule is CCCOc1ccc([C@H]2C(C(=O)O)[C@@H](c3cc(OC)c4c(c3)OCO4)CN2CC(=O)Nc2c(CC)cc(F)cc2CC)cc1. The van der Waals surface area contributed by atoms with Crippen LogP contribution in [0.3, 0.4) is 0 Å². The van der Waals surface area contributed by atoms with Gasteiger partial charge in [0.15, 0.2) is 11.5 Å². The molecular formula is C34H39FN2O7. The molecule has 2 N–H and O–H groups in total. The topological polar surface area (TPSA) is 107 Å². The van der Waals surface area contributed by atoms with Gasteiger partial charge in [-0.3, -0.25) is 14.5 Å². The molecule has 0 spiro atoms. The third kappa shape index (κ3) is 6.31. The van der Waals surface area contributed by atoms with Crippen LogP contribution in [0.2, 0.25) is 0 Å². The van der Waals surface area contributed by atoms with E-state index in [4.69, 9.17) is 18.9 Å². The minimum Gasteiger partial charge on any atom is -0.494 e. The van der Waals surface area contributed by atoms with Crippen LogP contribution in [0.4, 0.5) is 10.1 Å². The number of anilines is 1. The van der Waals surface area contributed by atoms with E-state index < -0.39 is 23.8 Å². The number of carboxylic acids is 1. The van der Waals surface area contributed by atoms with Crippen LogP contribution in [0.25, 0.3) is 0 Å². The summed E-state index contributed by atoms with van der Waals surface area (Å²) < 4.78 is 36.7. The predicted octanol–water partition coefficient (Wildman–Crippen LogP) is 5.96. The molecule has 2 aliphatic rings. The Morgan fingerprint density at radius 3 is 2.34 bits per heavy atom. The number of fused-ring (bicyclic) bond motifs is 1. The first-order valence-corrected chi connectivity index (χ1v) is 15.1. The van der Waals surface area contributed by atoms with Gasteiger partial charge < -0.3 is 29.4 Å². The minimum absolute atomic E-state index is 0.0480. The lowest BCUT2D eigenvalue weighted by atomic mass is 9.82. The molecule has 0 radical (unpaired) electrons. The summed E-state index contributed by atoms with van der Waals surface area (Å²) in [5, 5.41) is 13.7. The molecule has 0 aromatic heterocycles. The maximum absolute atomic E-state index is 14.2. The highest BCUT2D eigenvalue weighted by molar-refractivity contribution is 5.94. The van der Waals surface area contributed by atoms with Crippen LogP contribution in [-0.2, 0) is 22.4 Å². The van der Waals surface area contributed by atoms with Gasteiger partial charge in [0.2, 0.25) is 18.4 Å². The van der Waals surface area contributed by atoms with E-state index in [1.54, 1.807) is 12.1 Å². The molecule has 44 heavy (non-hydrogen) atoms. The molecule has 3 atom stereocenters. The molecule has 9 nitrogen and oxygen atoms in total. The van der Waals surface area contributed by atoms with Gasteiger partial charge in [0, 0.05) is 24.2 Å². The number of rotatable bonds is 12. The lowest BCUT2D eigenvalue weighted by Gasteiger charge is -2.27. The Balaban J connectivity index is 1.51. The van der Waals surface area contributed by atoms with Crippen molar-refractivity contribution >= 4 is 17.6 Å². The molecule has 0 saturated carbocycles. The van der Waals surface area contributed by atoms with Crippen molar-refractivity contribution < 1.29 is 38.0 Å². The molecule has 0 bridgehead atoms. The number of nitrogens with one attached hydrogen (secondary N) is 1. The van der Waals surface area contributed by atoms with Crippen LogP contribution in [0.5, 0.6) is 23.0 Å². The van der Waals surface area contributed by atoms with Crippen molar-refractivity contribution in [3.05, 3.63) is 76.6 Å². The summed E-state index contributed by atoms with van der Waals surface area (Å²) in [4.78, 5) is 28.6. The van der Waals surface area contributed by atoms with Gasteiger partial charge in [0.25, 0.3) is 0 Å². The Hall–Kier alpha value is -4.31. The number of halogens is 1. The fourth-order valence-electron chi connectivity index (χ4n) is 6.28. The summed E-state index contributed by atoms with van der Waals surface area (Å²) in [6, 6.07) is 13.2. The smallest absolute Gasteiger partial charge is 0.309 e. The first-order valence-electron chi connectivity index (χ1n) is 15.1. The molecule has 10 heteroatoms. The molecule has 3 aromatic rings. The Labute approximate surface area is 256 Å². The summed E-state index contributed by atoms with van der Waals surface area (Å²) >= 11 is 0. The van der Waals surface area contributed by atoms with Gasteiger partial charge in [-0.2, -0.15) is 0 Å². The van der Waals surface area contributed by atoms with Gasteiger partial charge in [-0.25, -0.2) is 4.39 Å². The van der Waals surface area contributed by atoms with Gasteiger partial charge in [-0.15, -0.1) is 0 Å².